The average molecular weight is 390 g/mol. The summed E-state index contributed by atoms with van der Waals surface area (Å²) in [6.07, 6.45) is 3.69. The van der Waals surface area contributed by atoms with Crippen LogP contribution in [0.3, 0.4) is 0 Å². The maximum absolute atomic E-state index is 11.9. The second kappa shape index (κ2) is 8.86. The quantitative estimate of drug-likeness (QED) is 0.546. The monoisotopic (exact) mass is 389 g/mol. The zero-order valence-corrected chi connectivity index (χ0v) is 15.7. The van der Waals surface area contributed by atoms with Gasteiger partial charge >= 0.3 is 5.97 Å². The highest BCUT2D eigenvalue weighted by atomic mass is 32.1. The summed E-state index contributed by atoms with van der Waals surface area (Å²) in [5.41, 5.74) is 1.10. The summed E-state index contributed by atoms with van der Waals surface area (Å²) < 4.78 is 1.20. The lowest BCUT2D eigenvalue weighted by Crippen LogP contribution is -2.25. The third kappa shape index (κ3) is 5.09. The zero-order valence-electron chi connectivity index (χ0n) is 14.1. The van der Waals surface area contributed by atoms with Crippen molar-refractivity contribution in [2.24, 2.45) is 0 Å². The first-order chi connectivity index (χ1) is 12.6. The standard InChI is InChI=1S/C18H19N3O3S2/c22-15(19-10-9-16-21-13(11-25-16)18(23)24)7-3-4-8-17-20-12-5-1-2-6-14(12)26-17/h1-2,5-6,11H,3-4,7-10H2,(H,19,22)(H,23,24). The van der Waals surface area contributed by atoms with Gasteiger partial charge in [-0.25, -0.2) is 14.8 Å². The molecule has 26 heavy (non-hydrogen) atoms. The lowest BCUT2D eigenvalue weighted by atomic mass is 10.2. The Labute approximate surface area is 158 Å². The third-order valence-electron chi connectivity index (χ3n) is 3.81. The highest BCUT2D eigenvalue weighted by Crippen LogP contribution is 2.22. The van der Waals surface area contributed by atoms with Gasteiger partial charge in [-0.1, -0.05) is 12.1 Å². The summed E-state index contributed by atoms with van der Waals surface area (Å²) in [7, 11) is 0. The first-order valence-corrected chi connectivity index (χ1v) is 10.1. The van der Waals surface area contributed by atoms with Crippen molar-refractivity contribution in [3.05, 3.63) is 45.4 Å². The maximum atomic E-state index is 11.9. The van der Waals surface area contributed by atoms with E-state index >= 15 is 0 Å². The summed E-state index contributed by atoms with van der Waals surface area (Å²) in [6, 6.07) is 8.10. The van der Waals surface area contributed by atoms with Crippen LogP contribution in [0, 0.1) is 0 Å². The van der Waals surface area contributed by atoms with E-state index in [0.717, 1.165) is 34.8 Å². The Kier molecular flexibility index (Phi) is 6.30. The molecule has 0 atom stereocenters. The lowest BCUT2D eigenvalue weighted by molar-refractivity contribution is -0.121. The molecule has 0 unspecified atom stereocenters. The van der Waals surface area contributed by atoms with Crippen LogP contribution >= 0.6 is 22.7 Å². The number of carboxylic acid groups (broad SMARTS) is 1. The molecule has 0 aliphatic heterocycles. The summed E-state index contributed by atoms with van der Waals surface area (Å²) in [5.74, 6) is -1.01. The molecule has 2 heterocycles. The molecule has 0 bridgehead atoms. The maximum Gasteiger partial charge on any atom is 0.355 e. The number of nitrogens with one attached hydrogen (secondary N) is 1. The molecule has 0 saturated heterocycles. The highest BCUT2D eigenvalue weighted by molar-refractivity contribution is 7.18. The number of hydrogen-bond acceptors (Lipinski definition) is 6. The number of amides is 1. The molecule has 2 aromatic heterocycles. The van der Waals surface area contributed by atoms with Crippen molar-refractivity contribution in [3.63, 3.8) is 0 Å². The van der Waals surface area contributed by atoms with Gasteiger partial charge in [0.05, 0.1) is 20.2 Å². The van der Waals surface area contributed by atoms with Gasteiger partial charge in [0.1, 0.15) is 0 Å². The van der Waals surface area contributed by atoms with Crippen molar-refractivity contribution in [1.29, 1.82) is 0 Å². The number of carbonyl (C=O) groups excluding carboxylic acids is 1. The van der Waals surface area contributed by atoms with E-state index in [9.17, 15) is 9.59 Å². The Hall–Kier alpha value is -2.32. The van der Waals surface area contributed by atoms with Crippen LogP contribution in [0.15, 0.2) is 29.6 Å². The Balaban J connectivity index is 1.31. The predicted molar refractivity (Wildman–Crippen MR) is 103 cm³/mol. The van der Waals surface area contributed by atoms with E-state index in [0.29, 0.717) is 19.4 Å². The minimum absolute atomic E-state index is 0.0179. The summed E-state index contributed by atoms with van der Waals surface area (Å²) in [5, 5.41) is 15.0. The molecule has 0 radical (unpaired) electrons. The van der Waals surface area contributed by atoms with E-state index < -0.39 is 5.97 Å². The number of hydrogen-bond donors (Lipinski definition) is 2. The van der Waals surface area contributed by atoms with E-state index in [1.807, 2.05) is 18.2 Å². The number of carbonyl (C=O) groups is 2. The van der Waals surface area contributed by atoms with Crippen LogP contribution in [0.4, 0.5) is 0 Å². The van der Waals surface area contributed by atoms with Crippen LogP contribution < -0.4 is 5.32 Å². The van der Waals surface area contributed by atoms with Crippen molar-refractivity contribution >= 4 is 44.8 Å². The van der Waals surface area contributed by atoms with Crippen molar-refractivity contribution in [1.82, 2.24) is 15.3 Å². The van der Waals surface area contributed by atoms with Gasteiger partial charge in [0.15, 0.2) is 5.69 Å². The number of aryl methyl sites for hydroxylation is 1. The smallest absolute Gasteiger partial charge is 0.355 e. The molecule has 1 aromatic carbocycles. The van der Waals surface area contributed by atoms with Crippen LogP contribution in [-0.2, 0) is 17.6 Å². The van der Waals surface area contributed by atoms with Crippen LogP contribution in [0.25, 0.3) is 10.2 Å². The molecule has 8 heteroatoms. The molecule has 136 valence electrons. The first kappa shape index (κ1) is 18.5. The molecule has 0 fully saturated rings. The van der Waals surface area contributed by atoms with Crippen LogP contribution in [0.1, 0.15) is 39.8 Å². The SMILES string of the molecule is O=C(CCCCc1nc2ccccc2s1)NCCc1nc(C(=O)O)cs1. The van der Waals surface area contributed by atoms with Gasteiger partial charge in [-0.3, -0.25) is 4.79 Å². The summed E-state index contributed by atoms with van der Waals surface area (Å²) in [6.45, 7) is 0.475. The second-order valence-electron chi connectivity index (χ2n) is 5.81. The number of rotatable bonds is 9. The number of fused-ring (bicyclic) bond motifs is 1. The molecular formula is C18H19N3O3S2. The summed E-state index contributed by atoms with van der Waals surface area (Å²) >= 11 is 3.01. The van der Waals surface area contributed by atoms with Gasteiger partial charge in [-0.15, -0.1) is 22.7 Å². The molecule has 0 aliphatic carbocycles. The van der Waals surface area contributed by atoms with Crippen LogP contribution in [-0.4, -0.2) is 33.5 Å². The molecule has 0 aliphatic rings. The van der Waals surface area contributed by atoms with E-state index in [-0.39, 0.29) is 11.6 Å². The fourth-order valence-electron chi connectivity index (χ4n) is 2.51. The first-order valence-electron chi connectivity index (χ1n) is 8.40. The number of benzene rings is 1. The Morgan fingerprint density at radius 2 is 1.92 bits per heavy atom. The highest BCUT2D eigenvalue weighted by Gasteiger charge is 2.09. The molecule has 0 saturated carbocycles. The Morgan fingerprint density at radius 3 is 2.69 bits per heavy atom. The molecule has 3 aromatic rings. The van der Waals surface area contributed by atoms with E-state index in [2.05, 4.69) is 21.4 Å². The molecule has 2 N–H and O–H groups in total. The summed E-state index contributed by atoms with van der Waals surface area (Å²) in [4.78, 5) is 31.2. The Morgan fingerprint density at radius 1 is 1.08 bits per heavy atom. The van der Waals surface area contributed by atoms with E-state index in [4.69, 9.17) is 5.11 Å². The zero-order chi connectivity index (χ0) is 18.4. The normalized spacial score (nSPS) is 10.9. The van der Waals surface area contributed by atoms with Crippen LogP contribution in [0.5, 0.6) is 0 Å². The molecule has 6 nitrogen and oxygen atoms in total. The van der Waals surface area contributed by atoms with Gasteiger partial charge in [0.2, 0.25) is 5.91 Å². The van der Waals surface area contributed by atoms with Crippen LogP contribution in [0.2, 0.25) is 0 Å². The second-order valence-corrected chi connectivity index (χ2v) is 7.87. The number of unbranched alkanes of at least 4 members (excludes halogenated alkanes) is 1. The van der Waals surface area contributed by atoms with Crippen molar-refractivity contribution in [2.75, 3.05) is 6.54 Å². The van der Waals surface area contributed by atoms with E-state index in [1.54, 1.807) is 11.3 Å². The number of para-hydroxylation sites is 1. The molecule has 0 spiro atoms. The minimum atomic E-state index is -1.02. The fraction of sp³-hybridized carbons (Fsp3) is 0.333. The fourth-order valence-corrected chi connectivity index (χ4v) is 4.29. The van der Waals surface area contributed by atoms with Crippen molar-refractivity contribution < 1.29 is 14.7 Å². The van der Waals surface area contributed by atoms with Gasteiger partial charge in [0, 0.05) is 24.8 Å². The topological polar surface area (TPSA) is 92.2 Å². The largest absolute Gasteiger partial charge is 0.476 e. The predicted octanol–water partition coefficient (Wildman–Crippen LogP) is 3.52. The van der Waals surface area contributed by atoms with Gasteiger partial charge in [-0.2, -0.15) is 0 Å². The minimum Gasteiger partial charge on any atom is -0.476 e. The average Bonchev–Trinajstić information content (AvgIpc) is 3.25. The molecule has 3 rings (SSSR count). The Bertz CT molecular complexity index is 871. The molecular weight excluding hydrogens is 370 g/mol. The van der Waals surface area contributed by atoms with Crippen molar-refractivity contribution in [3.8, 4) is 0 Å². The van der Waals surface area contributed by atoms with Gasteiger partial charge in [0.25, 0.3) is 0 Å². The van der Waals surface area contributed by atoms with E-state index in [1.165, 1.54) is 21.4 Å². The number of nitrogens with zero attached hydrogens (tertiary/aromatic N) is 2. The number of aromatic nitrogens is 2. The third-order valence-corrected chi connectivity index (χ3v) is 5.82. The number of aromatic carboxylic acids is 1. The van der Waals surface area contributed by atoms with Crippen molar-refractivity contribution in [2.45, 2.75) is 32.1 Å². The van der Waals surface area contributed by atoms with Gasteiger partial charge in [-0.05, 0) is 31.4 Å². The van der Waals surface area contributed by atoms with Gasteiger partial charge < -0.3 is 10.4 Å². The number of carboxylic acids is 1. The number of thiazole rings is 2. The molecule has 1 amide bonds. The lowest BCUT2D eigenvalue weighted by Gasteiger charge is -2.03.